The number of carbonyl (C=O) groups excluding carboxylic acids is 2. The number of tetrazole rings is 1. The molecule has 2 aromatic heterocycles. The summed E-state index contributed by atoms with van der Waals surface area (Å²) in [6, 6.07) is -0.841. The minimum atomic E-state index is -1.26. The lowest BCUT2D eigenvalue weighted by Crippen LogP contribution is -2.70. The standard InChI is InChI=1S/C18H20N6O5S4/c1-18(2,3)24-13(20-21-22-24)12(30)8-6-31-15-10(14(26)23(15)11(8)16(27)28)19-9(25)4-7-5-32-17(29)33-7/h5,10,12,15,30H,4,6H2,1-3H3,(H,19,25)(H,27,28). The molecule has 0 bridgehead atoms. The molecule has 176 valence electrons. The number of carboxylic acid groups (broad SMARTS) is 1. The minimum Gasteiger partial charge on any atom is -0.477 e. The van der Waals surface area contributed by atoms with Crippen LogP contribution in [0.25, 0.3) is 0 Å². The molecule has 15 heteroatoms. The number of carbonyl (C=O) groups is 3. The second-order valence-corrected chi connectivity index (χ2v) is 12.2. The van der Waals surface area contributed by atoms with Gasteiger partial charge in [-0.15, -0.1) is 16.9 Å². The summed E-state index contributed by atoms with van der Waals surface area (Å²) in [5.41, 5.74) is -0.200. The number of fused-ring (bicyclic) bond motifs is 1. The van der Waals surface area contributed by atoms with Crippen molar-refractivity contribution in [2.24, 2.45) is 0 Å². The number of thiol groups is 1. The Morgan fingerprint density at radius 2 is 2.09 bits per heavy atom. The number of nitrogens with one attached hydrogen (secondary N) is 1. The third-order valence-electron chi connectivity index (χ3n) is 5.06. The van der Waals surface area contributed by atoms with Crippen molar-refractivity contribution in [1.82, 2.24) is 30.4 Å². The smallest absolute Gasteiger partial charge is 0.352 e. The average molecular weight is 529 g/mol. The molecular formula is C18H20N6O5S4. The quantitative estimate of drug-likeness (QED) is 0.367. The number of carboxylic acids is 1. The first-order chi connectivity index (χ1) is 15.5. The van der Waals surface area contributed by atoms with Crippen molar-refractivity contribution < 1.29 is 19.5 Å². The molecule has 3 unspecified atom stereocenters. The summed E-state index contributed by atoms with van der Waals surface area (Å²) in [5.74, 6) is -1.51. The maximum Gasteiger partial charge on any atom is 0.352 e. The second kappa shape index (κ2) is 8.85. The molecule has 2 N–H and O–H groups in total. The number of β-lactam (4-membered cyclic amide) rings is 1. The predicted octanol–water partition coefficient (Wildman–Crippen LogP) is 0.863. The van der Waals surface area contributed by atoms with Gasteiger partial charge in [-0.3, -0.25) is 19.3 Å². The fourth-order valence-electron chi connectivity index (χ4n) is 3.58. The van der Waals surface area contributed by atoms with Crippen LogP contribution in [0.5, 0.6) is 0 Å². The van der Waals surface area contributed by atoms with Crippen LogP contribution >= 0.6 is 47.1 Å². The van der Waals surface area contributed by atoms with Crippen molar-refractivity contribution in [3.05, 3.63) is 36.2 Å². The van der Waals surface area contributed by atoms with Gasteiger partial charge in [-0.2, -0.15) is 12.6 Å². The zero-order valence-corrected chi connectivity index (χ0v) is 21.1. The van der Waals surface area contributed by atoms with Crippen molar-refractivity contribution in [3.63, 3.8) is 0 Å². The Bertz CT molecular complexity index is 1210. The number of aliphatic carboxylic acids is 1. The van der Waals surface area contributed by atoms with Crippen LogP contribution < -0.4 is 9.37 Å². The van der Waals surface area contributed by atoms with Crippen LogP contribution in [0.4, 0.5) is 0 Å². The van der Waals surface area contributed by atoms with Gasteiger partial charge in [-0.05, 0) is 36.8 Å². The van der Waals surface area contributed by atoms with Crippen molar-refractivity contribution in [2.45, 2.75) is 49.4 Å². The molecule has 3 atom stereocenters. The van der Waals surface area contributed by atoms with E-state index in [4.69, 9.17) is 0 Å². The Labute approximate surface area is 205 Å². The van der Waals surface area contributed by atoms with Crippen LogP contribution in [-0.4, -0.2) is 65.2 Å². The molecule has 0 aliphatic carbocycles. The van der Waals surface area contributed by atoms with E-state index in [0.717, 1.165) is 22.7 Å². The molecule has 4 rings (SSSR count). The third kappa shape index (κ3) is 4.46. The number of amides is 2. The molecule has 2 aliphatic heterocycles. The molecule has 11 nitrogen and oxygen atoms in total. The molecule has 0 radical (unpaired) electrons. The first kappa shape index (κ1) is 23.9. The monoisotopic (exact) mass is 528 g/mol. The van der Waals surface area contributed by atoms with Crippen molar-refractivity contribution in [1.29, 1.82) is 0 Å². The highest BCUT2D eigenvalue weighted by molar-refractivity contribution is 8.00. The second-order valence-electron chi connectivity index (χ2n) is 8.39. The summed E-state index contributed by atoms with van der Waals surface area (Å²) in [6.07, 6.45) is -0.00831. The van der Waals surface area contributed by atoms with Gasteiger partial charge >= 0.3 is 5.97 Å². The topological polar surface area (TPSA) is 147 Å². The zero-order chi connectivity index (χ0) is 24.1. The van der Waals surface area contributed by atoms with Crippen LogP contribution in [0, 0.1) is 0 Å². The Morgan fingerprint density at radius 1 is 1.36 bits per heavy atom. The van der Waals surface area contributed by atoms with E-state index in [1.165, 1.54) is 16.7 Å². The summed E-state index contributed by atoms with van der Waals surface area (Å²) >= 11 is 7.97. The molecule has 0 aromatic carbocycles. The van der Waals surface area contributed by atoms with Crippen molar-refractivity contribution in [3.8, 4) is 0 Å². The molecule has 2 amide bonds. The lowest BCUT2D eigenvalue weighted by Gasteiger charge is -2.49. The van der Waals surface area contributed by atoms with E-state index in [2.05, 4.69) is 33.5 Å². The van der Waals surface area contributed by atoms with E-state index in [1.807, 2.05) is 20.8 Å². The van der Waals surface area contributed by atoms with E-state index < -0.39 is 40.0 Å². The van der Waals surface area contributed by atoms with Gasteiger partial charge in [0, 0.05) is 16.0 Å². The molecule has 4 heterocycles. The van der Waals surface area contributed by atoms with Crippen molar-refractivity contribution in [2.75, 3.05) is 5.75 Å². The van der Waals surface area contributed by atoms with E-state index in [-0.39, 0.29) is 21.9 Å². The molecule has 33 heavy (non-hydrogen) atoms. The fourth-order valence-corrected chi connectivity index (χ4v) is 7.19. The minimum absolute atomic E-state index is 0.00831. The van der Waals surface area contributed by atoms with Crippen LogP contribution in [0.3, 0.4) is 0 Å². The fraction of sp³-hybridized carbons (Fsp3) is 0.500. The first-order valence-electron chi connectivity index (χ1n) is 9.73. The van der Waals surface area contributed by atoms with Gasteiger partial charge in [0.25, 0.3) is 9.96 Å². The largest absolute Gasteiger partial charge is 0.477 e. The lowest BCUT2D eigenvalue weighted by atomic mass is 10.0. The molecule has 0 saturated carbocycles. The number of aromatic nitrogens is 4. The van der Waals surface area contributed by atoms with E-state index >= 15 is 0 Å². The average Bonchev–Trinajstić information content (AvgIpc) is 3.39. The Kier molecular flexibility index (Phi) is 6.41. The number of hydrogen-bond acceptors (Lipinski definition) is 11. The highest BCUT2D eigenvalue weighted by Crippen LogP contribution is 2.45. The SMILES string of the molecule is CC(C)(C)n1nnnc1C(S)C1=C(C(=O)O)N2C(=O)C(NC(=O)Cc3csc(=O)s3)C2SC1. The van der Waals surface area contributed by atoms with Crippen LogP contribution in [0.2, 0.25) is 0 Å². The molecule has 1 saturated heterocycles. The molecule has 2 aliphatic rings. The molecular weight excluding hydrogens is 509 g/mol. The third-order valence-corrected chi connectivity index (χ3v) is 8.87. The van der Waals surface area contributed by atoms with Crippen LogP contribution in [0.1, 0.15) is 36.7 Å². The molecule has 1 fully saturated rings. The van der Waals surface area contributed by atoms with Gasteiger partial charge in [0.05, 0.1) is 17.2 Å². The summed E-state index contributed by atoms with van der Waals surface area (Å²) in [6.45, 7) is 5.73. The first-order valence-corrected chi connectivity index (χ1v) is 13.0. The van der Waals surface area contributed by atoms with E-state index in [0.29, 0.717) is 16.3 Å². The van der Waals surface area contributed by atoms with Gasteiger partial charge in [0.2, 0.25) is 5.91 Å². The van der Waals surface area contributed by atoms with Gasteiger partial charge < -0.3 is 10.4 Å². The van der Waals surface area contributed by atoms with Gasteiger partial charge in [0.1, 0.15) is 17.1 Å². The van der Waals surface area contributed by atoms with E-state index in [1.54, 1.807) is 10.1 Å². The molecule has 2 aromatic rings. The van der Waals surface area contributed by atoms with Crippen molar-refractivity contribution >= 4 is 64.8 Å². The highest BCUT2D eigenvalue weighted by atomic mass is 32.2. The molecule has 0 spiro atoms. The number of nitrogens with zero attached hydrogens (tertiary/aromatic N) is 5. The van der Waals surface area contributed by atoms with Gasteiger partial charge in [-0.1, -0.05) is 22.7 Å². The Balaban J connectivity index is 1.56. The Hall–Kier alpha value is -2.23. The summed E-state index contributed by atoms with van der Waals surface area (Å²) < 4.78 is 1.47. The number of hydrogen-bond donors (Lipinski definition) is 3. The van der Waals surface area contributed by atoms with Crippen LogP contribution in [-0.2, 0) is 26.3 Å². The predicted molar refractivity (Wildman–Crippen MR) is 126 cm³/mol. The van der Waals surface area contributed by atoms with Gasteiger partial charge in [-0.25, -0.2) is 9.48 Å². The normalized spacial score (nSPS) is 21.5. The zero-order valence-electron chi connectivity index (χ0n) is 17.7. The van der Waals surface area contributed by atoms with E-state index in [9.17, 15) is 24.3 Å². The maximum absolute atomic E-state index is 12.9. The highest BCUT2D eigenvalue weighted by Gasteiger charge is 2.55. The lowest BCUT2D eigenvalue weighted by molar-refractivity contribution is -0.150. The summed E-state index contributed by atoms with van der Waals surface area (Å²) in [7, 11) is 0. The Morgan fingerprint density at radius 3 is 2.70 bits per heavy atom. The number of rotatable bonds is 6. The van der Waals surface area contributed by atoms with Crippen LogP contribution in [0.15, 0.2) is 21.4 Å². The summed E-state index contributed by atoms with van der Waals surface area (Å²) in [4.78, 5) is 50.5. The maximum atomic E-state index is 12.9. The number of thioether (sulfide) groups is 1. The summed E-state index contributed by atoms with van der Waals surface area (Å²) in [5, 5.41) is 24.7. The van der Waals surface area contributed by atoms with Gasteiger partial charge in [0.15, 0.2) is 5.82 Å².